The summed E-state index contributed by atoms with van der Waals surface area (Å²) < 4.78 is 33.2. The summed E-state index contributed by atoms with van der Waals surface area (Å²) in [4.78, 5) is 13.6. The van der Waals surface area contributed by atoms with E-state index in [-0.39, 0.29) is 16.6 Å². The van der Waals surface area contributed by atoms with Gasteiger partial charge in [0.05, 0.1) is 11.5 Å². The lowest BCUT2D eigenvalue weighted by Gasteiger charge is -2.21. The van der Waals surface area contributed by atoms with E-state index in [2.05, 4.69) is 5.32 Å². The van der Waals surface area contributed by atoms with Crippen LogP contribution in [0.1, 0.15) is 30.4 Å². The molecule has 0 bridgehead atoms. The van der Waals surface area contributed by atoms with Gasteiger partial charge in [0.2, 0.25) is 10.0 Å². The number of thiophene rings is 1. The fourth-order valence-corrected chi connectivity index (χ4v) is 5.71. The Morgan fingerprint density at radius 1 is 1.03 bits per heavy atom. The first kappa shape index (κ1) is 23.0. The molecule has 2 aromatic carbocycles. The zero-order valence-corrected chi connectivity index (χ0v) is 19.4. The average Bonchev–Trinajstić information content (AvgIpc) is 3.26. The van der Waals surface area contributed by atoms with Crippen molar-refractivity contribution in [2.75, 3.05) is 25.0 Å². The van der Waals surface area contributed by atoms with Crippen molar-refractivity contribution in [1.29, 1.82) is 0 Å². The van der Waals surface area contributed by atoms with Gasteiger partial charge in [-0.15, -0.1) is 11.3 Å². The van der Waals surface area contributed by atoms with Crippen molar-refractivity contribution >= 4 is 33.0 Å². The zero-order chi connectivity index (χ0) is 22.4. The normalized spacial score (nSPS) is 11.5. The van der Waals surface area contributed by atoms with Crippen LogP contribution in [0.4, 0.5) is 5.69 Å². The Kier molecular flexibility index (Phi) is 7.48. The number of nitrogens with one attached hydrogen (secondary N) is 1. The molecule has 6 nitrogen and oxygen atoms in total. The third-order valence-electron chi connectivity index (χ3n) is 4.78. The maximum absolute atomic E-state index is 13.1. The molecule has 0 unspecified atom stereocenters. The van der Waals surface area contributed by atoms with Crippen LogP contribution < -0.4 is 10.1 Å². The number of rotatable bonds is 9. The summed E-state index contributed by atoms with van der Waals surface area (Å²) >= 11 is 1.34. The molecule has 0 aliphatic rings. The lowest BCUT2D eigenvalue weighted by Crippen LogP contribution is -2.31. The molecule has 1 heterocycles. The van der Waals surface area contributed by atoms with E-state index in [0.29, 0.717) is 30.3 Å². The number of hydrogen-bond acceptors (Lipinski definition) is 5. The smallest absolute Gasteiger partial charge is 0.266 e. The molecule has 3 rings (SSSR count). The maximum atomic E-state index is 13.1. The Morgan fingerprint density at radius 3 is 2.39 bits per heavy atom. The van der Waals surface area contributed by atoms with Crippen molar-refractivity contribution < 1.29 is 17.9 Å². The van der Waals surface area contributed by atoms with Gasteiger partial charge in [0.25, 0.3) is 5.91 Å². The Hall–Kier alpha value is -2.68. The minimum atomic E-state index is -3.76. The van der Waals surface area contributed by atoms with E-state index < -0.39 is 10.0 Å². The van der Waals surface area contributed by atoms with Crippen molar-refractivity contribution in [2.24, 2.45) is 0 Å². The number of benzene rings is 2. The van der Waals surface area contributed by atoms with E-state index in [1.807, 2.05) is 41.8 Å². The zero-order valence-electron chi connectivity index (χ0n) is 17.8. The highest BCUT2D eigenvalue weighted by atomic mass is 32.2. The second-order valence-corrected chi connectivity index (χ2v) is 9.49. The molecule has 0 atom stereocenters. The summed E-state index contributed by atoms with van der Waals surface area (Å²) in [6.45, 7) is 6.39. The first-order valence-electron chi connectivity index (χ1n) is 10.1. The topological polar surface area (TPSA) is 75.7 Å². The van der Waals surface area contributed by atoms with Gasteiger partial charge in [-0.2, -0.15) is 4.31 Å². The average molecular weight is 459 g/mol. The molecule has 164 valence electrons. The quantitative estimate of drug-likeness (QED) is 0.484. The van der Waals surface area contributed by atoms with Crippen molar-refractivity contribution in [3.63, 3.8) is 0 Å². The standard InChI is InChI=1S/C23H26N2O4S2/c1-4-25(5-2)31(27,28)21-16-18(12-13-20(21)29-6-3)24-23(26)22-19(14-15-30-22)17-10-8-7-9-11-17/h7-16H,4-6H2,1-3H3,(H,24,26). The van der Waals surface area contributed by atoms with E-state index in [1.165, 1.54) is 21.7 Å². The highest BCUT2D eigenvalue weighted by Gasteiger charge is 2.26. The van der Waals surface area contributed by atoms with Crippen molar-refractivity contribution in [3.05, 3.63) is 64.9 Å². The fraction of sp³-hybridized carbons (Fsp3) is 0.261. The largest absolute Gasteiger partial charge is 0.492 e. The second kappa shape index (κ2) is 10.1. The molecule has 0 saturated heterocycles. The van der Waals surface area contributed by atoms with Gasteiger partial charge in [0.1, 0.15) is 10.6 Å². The van der Waals surface area contributed by atoms with Gasteiger partial charge < -0.3 is 10.1 Å². The van der Waals surface area contributed by atoms with Gasteiger partial charge in [-0.3, -0.25) is 4.79 Å². The molecule has 31 heavy (non-hydrogen) atoms. The summed E-state index contributed by atoms with van der Waals surface area (Å²) in [5, 5.41) is 4.71. The number of anilines is 1. The van der Waals surface area contributed by atoms with Crippen LogP contribution >= 0.6 is 11.3 Å². The summed E-state index contributed by atoms with van der Waals surface area (Å²) in [7, 11) is -3.76. The van der Waals surface area contributed by atoms with Gasteiger partial charge in [0, 0.05) is 24.3 Å². The SMILES string of the molecule is CCOc1ccc(NC(=O)c2sccc2-c2ccccc2)cc1S(=O)(=O)N(CC)CC. The lowest BCUT2D eigenvalue weighted by molar-refractivity contribution is 0.103. The van der Waals surface area contributed by atoms with Crippen molar-refractivity contribution in [2.45, 2.75) is 25.7 Å². The monoisotopic (exact) mass is 458 g/mol. The molecule has 1 aromatic heterocycles. The van der Waals surface area contributed by atoms with E-state index in [1.54, 1.807) is 32.9 Å². The molecule has 0 spiro atoms. The van der Waals surface area contributed by atoms with Crippen molar-refractivity contribution in [1.82, 2.24) is 4.31 Å². The Labute approximate surface area is 187 Å². The Balaban J connectivity index is 1.95. The summed E-state index contributed by atoms with van der Waals surface area (Å²) in [6.07, 6.45) is 0. The lowest BCUT2D eigenvalue weighted by atomic mass is 10.1. The van der Waals surface area contributed by atoms with E-state index in [4.69, 9.17) is 4.74 Å². The molecule has 0 saturated carbocycles. The molecule has 0 radical (unpaired) electrons. The fourth-order valence-electron chi connectivity index (χ4n) is 3.28. The number of ether oxygens (including phenoxy) is 1. The van der Waals surface area contributed by atoms with Crippen LogP contribution in [0.5, 0.6) is 5.75 Å². The first-order valence-corrected chi connectivity index (χ1v) is 12.5. The number of amides is 1. The third-order valence-corrected chi connectivity index (χ3v) is 7.77. The molecule has 1 amide bonds. The second-order valence-electron chi connectivity index (χ2n) is 6.67. The first-order chi connectivity index (χ1) is 14.9. The molecule has 8 heteroatoms. The number of carbonyl (C=O) groups is 1. The predicted molar refractivity (Wildman–Crippen MR) is 125 cm³/mol. The van der Waals surface area contributed by atoms with Crippen LogP contribution in [0.3, 0.4) is 0 Å². The number of hydrogen-bond donors (Lipinski definition) is 1. The highest BCUT2D eigenvalue weighted by molar-refractivity contribution is 7.89. The Morgan fingerprint density at radius 2 is 1.74 bits per heavy atom. The van der Waals surface area contributed by atoms with Crippen LogP contribution in [0, 0.1) is 0 Å². The number of sulfonamides is 1. The summed E-state index contributed by atoms with van der Waals surface area (Å²) in [6, 6.07) is 16.3. The van der Waals surface area contributed by atoms with Gasteiger partial charge in [-0.25, -0.2) is 8.42 Å². The molecular formula is C23H26N2O4S2. The molecule has 1 N–H and O–H groups in total. The van der Waals surface area contributed by atoms with Crippen LogP contribution in [-0.2, 0) is 10.0 Å². The van der Waals surface area contributed by atoms with E-state index in [9.17, 15) is 13.2 Å². The third kappa shape index (κ3) is 4.98. The van der Waals surface area contributed by atoms with Crippen LogP contribution in [-0.4, -0.2) is 38.3 Å². The molecule has 0 fully saturated rings. The molecular weight excluding hydrogens is 432 g/mol. The number of carbonyl (C=O) groups excluding carboxylic acids is 1. The van der Waals surface area contributed by atoms with Gasteiger partial charge in [0.15, 0.2) is 0 Å². The molecule has 0 aliphatic heterocycles. The maximum Gasteiger partial charge on any atom is 0.266 e. The number of nitrogens with zero attached hydrogens (tertiary/aromatic N) is 1. The molecule has 3 aromatic rings. The predicted octanol–water partition coefficient (Wildman–Crippen LogP) is 5.10. The van der Waals surface area contributed by atoms with Gasteiger partial charge in [-0.05, 0) is 42.1 Å². The van der Waals surface area contributed by atoms with E-state index in [0.717, 1.165) is 11.1 Å². The summed E-state index contributed by atoms with van der Waals surface area (Å²) in [5.74, 6) is -0.0160. The summed E-state index contributed by atoms with van der Waals surface area (Å²) in [5.41, 5.74) is 2.18. The van der Waals surface area contributed by atoms with Gasteiger partial charge in [-0.1, -0.05) is 44.2 Å². The van der Waals surface area contributed by atoms with Crippen LogP contribution in [0.15, 0.2) is 64.9 Å². The van der Waals surface area contributed by atoms with Crippen LogP contribution in [0.25, 0.3) is 11.1 Å². The minimum Gasteiger partial charge on any atom is -0.492 e. The van der Waals surface area contributed by atoms with Crippen molar-refractivity contribution in [3.8, 4) is 16.9 Å². The molecule has 0 aliphatic carbocycles. The minimum absolute atomic E-state index is 0.0466. The highest BCUT2D eigenvalue weighted by Crippen LogP contribution is 2.32. The van der Waals surface area contributed by atoms with Crippen LogP contribution in [0.2, 0.25) is 0 Å². The Bertz CT molecular complexity index is 1140. The van der Waals surface area contributed by atoms with E-state index >= 15 is 0 Å². The van der Waals surface area contributed by atoms with Gasteiger partial charge >= 0.3 is 0 Å².